The predicted molar refractivity (Wildman–Crippen MR) is 76.5 cm³/mol. The number of benzene rings is 1. The average Bonchev–Trinajstić information content (AvgIpc) is 2.39. The highest BCUT2D eigenvalue weighted by Gasteiger charge is 2.26. The summed E-state index contributed by atoms with van der Waals surface area (Å²) in [6.45, 7) is 0. The maximum Gasteiger partial charge on any atom is 0.252 e. The largest absolute Gasteiger partial charge is 0.369 e. The minimum Gasteiger partial charge on any atom is -0.369 e. The van der Waals surface area contributed by atoms with E-state index in [2.05, 4.69) is 21.2 Å². The third kappa shape index (κ3) is 3.56. The SMILES string of the molecule is NC(=O)C1CCC(NC(=O)c2ccc(F)cc2Br)CC1. The van der Waals surface area contributed by atoms with Crippen LogP contribution in [0.4, 0.5) is 4.39 Å². The summed E-state index contributed by atoms with van der Waals surface area (Å²) in [5.41, 5.74) is 5.68. The van der Waals surface area contributed by atoms with Gasteiger partial charge < -0.3 is 11.1 Å². The van der Waals surface area contributed by atoms with E-state index in [1.54, 1.807) is 0 Å². The van der Waals surface area contributed by atoms with Gasteiger partial charge in [-0.25, -0.2) is 4.39 Å². The van der Waals surface area contributed by atoms with Crippen molar-refractivity contribution >= 4 is 27.7 Å². The lowest BCUT2D eigenvalue weighted by Crippen LogP contribution is -2.39. The van der Waals surface area contributed by atoms with Gasteiger partial charge >= 0.3 is 0 Å². The summed E-state index contributed by atoms with van der Waals surface area (Å²) in [6.07, 6.45) is 2.87. The van der Waals surface area contributed by atoms with Crippen LogP contribution in [0.1, 0.15) is 36.0 Å². The number of amides is 2. The Morgan fingerprint density at radius 1 is 1.25 bits per heavy atom. The number of hydrogen-bond acceptors (Lipinski definition) is 2. The molecule has 6 heteroatoms. The molecule has 1 aliphatic rings. The number of hydrogen-bond donors (Lipinski definition) is 2. The molecule has 0 atom stereocenters. The molecule has 0 aromatic heterocycles. The van der Waals surface area contributed by atoms with Gasteiger partial charge in [-0.1, -0.05) is 0 Å². The molecule has 2 rings (SSSR count). The van der Waals surface area contributed by atoms with Gasteiger partial charge in [0.1, 0.15) is 5.82 Å². The number of nitrogens with one attached hydrogen (secondary N) is 1. The molecule has 0 heterocycles. The molecule has 1 aromatic rings. The molecule has 20 heavy (non-hydrogen) atoms. The van der Waals surface area contributed by atoms with E-state index in [0.29, 0.717) is 22.9 Å². The summed E-state index contributed by atoms with van der Waals surface area (Å²) in [4.78, 5) is 23.2. The van der Waals surface area contributed by atoms with E-state index in [9.17, 15) is 14.0 Å². The van der Waals surface area contributed by atoms with Crippen molar-refractivity contribution in [1.29, 1.82) is 0 Å². The predicted octanol–water partition coefficient (Wildman–Crippen LogP) is 2.36. The van der Waals surface area contributed by atoms with Crippen molar-refractivity contribution in [3.05, 3.63) is 34.1 Å². The van der Waals surface area contributed by atoms with Crippen LogP contribution < -0.4 is 11.1 Å². The van der Waals surface area contributed by atoms with Crippen molar-refractivity contribution in [3.63, 3.8) is 0 Å². The fourth-order valence-corrected chi connectivity index (χ4v) is 2.99. The Morgan fingerprint density at radius 2 is 1.90 bits per heavy atom. The Hall–Kier alpha value is -1.43. The van der Waals surface area contributed by atoms with Crippen LogP contribution >= 0.6 is 15.9 Å². The number of halogens is 2. The highest BCUT2D eigenvalue weighted by atomic mass is 79.9. The van der Waals surface area contributed by atoms with Gasteiger partial charge in [0.05, 0.1) is 5.56 Å². The van der Waals surface area contributed by atoms with Crippen LogP contribution in [-0.2, 0) is 4.79 Å². The highest BCUT2D eigenvalue weighted by Crippen LogP contribution is 2.25. The minimum absolute atomic E-state index is 0.0371. The summed E-state index contributed by atoms with van der Waals surface area (Å²) >= 11 is 3.18. The topological polar surface area (TPSA) is 72.2 Å². The molecule has 0 radical (unpaired) electrons. The first-order chi connectivity index (χ1) is 9.47. The van der Waals surface area contributed by atoms with E-state index in [1.807, 2.05) is 0 Å². The van der Waals surface area contributed by atoms with Gasteiger partial charge in [-0.15, -0.1) is 0 Å². The monoisotopic (exact) mass is 342 g/mol. The maximum atomic E-state index is 13.0. The average molecular weight is 343 g/mol. The van der Waals surface area contributed by atoms with Gasteiger partial charge in [0.15, 0.2) is 0 Å². The minimum atomic E-state index is -0.393. The fraction of sp³-hybridized carbons (Fsp3) is 0.429. The van der Waals surface area contributed by atoms with Crippen LogP contribution in [0.25, 0.3) is 0 Å². The van der Waals surface area contributed by atoms with Crippen LogP contribution in [0.5, 0.6) is 0 Å². The molecule has 0 saturated heterocycles. The molecular weight excluding hydrogens is 327 g/mol. The molecule has 0 spiro atoms. The third-order valence-electron chi connectivity index (χ3n) is 3.64. The molecule has 1 aromatic carbocycles. The van der Waals surface area contributed by atoms with Crippen LogP contribution in [-0.4, -0.2) is 17.9 Å². The first-order valence-corrected chi connectivity index (χ1v) is 7.32. The molecule has 1 saturated carbocycles. The smallest absolute Gasteiger partial charge is 0.252 e. The van der Waals surface area contributed by atoms with Crippen LogP contribution in [0, 0.1) is 11.7 Å². The standard InChI is InChI=1S/C14H16BrFN2O2/c15-12-7-9(16)3-6-11(12)14(20)18-10-4-1-8(2-5-10)13(17)19/h3,6-8,10H,1-2,4-5H2,(H2,17,19)(H,18,20). The summed E-state index contributed by atoms with van der Waals surface area (Å²) < 4.78 is 13.4. The van der Waals surface area contributed by atoms with E-state index in [-0.39, 0.29) is 23.8 Å². The Balaban J connectivity index is 1.94. The Morgan fingerprint density at radius 3 is 2.45 bits per heavy atom. The molecule has 2 amide bonds. The zero-order valence-corrected chi connectivity index (χ0v) is 12.5. The van der Waals surface area contributed by atoms with E-state index in [1.165, 1.54) is 18.2 Å². The zero-order valence-electron chi connectivity index (χ0n) is 10.9. The van der Waals surface area contributed by atoms with E-state index < -0.39 is 5.82 Å². The molecule has 108 valence electrons. The lowest BCUT2D eigenvalue weighted by Gasteiger charge is -2.27. The fourth-order valence-electron chi connectivity index (χ4n) is 2.46. The Bertz CT molecular complexity index is 528. The second-order valence-electron chi connectivity index (χ2n) is 5.05. The first-order valence-electron chi connectivity index (χ1n) is 6.52. The van der Waals surface area contributed by atoms with E-state index >= 15 is 0 Å². The van der Waals surface area contributed by atoms with Crippen LogP contribution in [0.3, 0.4) is 0 Å². The zero-order chi connectivity index (χ0) is 14.7. The summed E-state index contributed by atoms with van der Waals surface area (Å²) in [5.74, 6) is -0.980. The molecule has 0 unspecified atom stereocenters. The van der Waals surface area contributed by atoms with Gasteiger partial charge in [-0.05, 0) is 59.8 Å². The van der Waals surface area contributed by atoms with E-state index in [0.717, 1.165) is 12.8 Å². The lowest BCUT2D eigenvalue weighted by atomic mass is 9.85. The van der Waals surface area contributed by atoms with Gasteiger partial charge in [0.25, 0.3) is 5.91 Å². The molecular formula is C14H16BrFN2O2. The number of carbonyl (C=O) groups excluding carboxylic acids is 2. The molecule has 1 aliphatic carbocycles. The third-order valence-corrected chi connectivity index (χ3v) is 4.30. The first kappa shape index (κ1) is 15.0. The van der Waals surface area contributed by atoms with E-state index in [4.69, 9.17) is 5.73 Å². The van der Waals surface area contributed by atoms with Crippen molar-refractivity contribution in [3.8, 4) is 0 Å². The van der Waals surface area contributed by atoms with Crippen LogP contribution in [0.2, 0.25) is 0 Å². The number of carbonyl (C=O) groups is 2. The van der Waals surface area contributed by atoms with Gasteiger partial charge in [0, 0.05) is 16.4 Å². The van der Waals surface area contributed by atoms with Crippen molar-refractivity contribution < 1.29 is 14.0 Å². The highest BCUT2D eigenvalue weighted by molar-refractivity contribution is 9.10. The number of nitrogens with two attached hydrogens (primary N) is 1. The molecule has 3 N–H and O–H groups in total. The molecule has 1 fully saturated rings. The summed E-state index contributed by atoms with van der Waals surface area (Å²) in [6, 6.07) is 4.00. The second kappa shape index (κ2) is 6.35. The van der Waals surface area contributed by atoms with Crippen molar-refractivity contribution in [1.82, 2.24) is 5.32 Å². The van der Waals surface area contributed by atoms with Crippen molar-refractivity contribution in [2.45, 2.75) is 31.7 Å². The Kier molecular flexibility index (Phi) is 4.75. The maximum absolute atomic E-state index is 13.0. The van der Waals surface area contributed by atoms with Crippen molar-refractivity contribution in [2.24, 2.45) is 11.7 Å². The summed E-state index contributed by atoms with van der Waals surface area (Å²) in [5, 5.41) is 2.91. The van der Waals surface area contributed by atoms with Gasteiger partial charge in [-0.2, -0.15) is 0 Å². The lowest BCUT2D eigenvalue weighted by molar-refractivity contribution is -0.122. The normalized spacial score (nSPS) is 22.3. The quantitative estimate of drug-likeness (QED) is 0.884. The van der Waals surface area contributed by atoms with Crippen molar-refractivity contribution in [2.75, 3.05) is 0 Å². The van der Waals surface area contributed by atoms with Crippen LogP contribution in [0.15, 0.2) is 22.7 Å². The molecule has 0 aliphatic heterocycles. The number of primary amides is 1. The second-order valence-corrected chi connectivity index (χ2v) is 5.90. The van der Waals surface area contributed by atoms with Gasteiger partial charge in [0.2, 0.25) is 5.91 Å². The Labute approximate surface area is 125 Å². The molecule has 0 bridgehead atoms. The van der Waals surface area contributed by atoms with Gasteiger partial charge in [-0.3, -0.25) is 9.59 Å². The summed E-state index contributed by atoms with van der Waals surface area (Å²) in [7, 11) is 0. The molecule has 4 nitrogen and oxygen atoms in total. The number of rotatable bonds is 3.